The van der Waals surface area contributed by atoms with Crippen molar-refractivity contribution in [1.29, 1.82) is 0 Å². The minimum absolute atomic E-state index is 0.0264. The van der Waals surface area contributed by atoms with Gasteiger partial charge in [0.05, 0.1) is 20.0 Å². The molecule has 0 bridgehead atoms. The number of hydrogen-bond donors (Lipinski definition) is 0. The van der Waals surface area contributed by atoms with Gasteiger partial charge in [0.15, 0.2) is 5.78 Å². The molecule has 70 valence electrons. The van der Waals surface area contributed by atoms with E-state index >= 15 is 0 Å². The first-order valence-electron chi connectivity index (χ1n) is 3.43. The molecule has 1 rings (SSSR count). The van der Waals surface area contributed by atoms with Crippen molar-refractivity contribution in [1.82, 2.24) is 0 Å². The molecule has 0 N–H and O–H groups in total. The van der Waals surface area contributed by atoms with E-state index in [1.165, 1.54) is 11.4 Å². The lowest BCUT2D eigenvalue weighted by molar-refractivity contribution is -0.384. The largest absolute Gasteiger partial charge is 0.292 e. The van der Waals surface area contributed by atoms with Crippen molar-refractivity contribution in [3.8, 4) is 0 Å². The smallest absolute Gasteiger partial charge is 0.280 e. The Labute approximate surface area is 86.8 Å². The van der Waals surface area contributed by atoms with Gasteiger partial charge in [-0.25, -0.2) is 0 Å². The predicted octanol–water partition coefficient (Wildman–Crippen LogP) is 2.62. The van der Waals surface area contributed by atoms with Crippen LogP contribution in [0.5, 0.6) is 0 Å². The van der Waals surface area contributed by atoms with Gasteiger partial charge in [-0.15, -0.1) is 11.3 Å². The number of rotatable bonds is 3. The van der Waals surface area contributed by atoms with E-state index in [0.29, 0.717) is 4.88 Å². The molecule has 0 amide bonds. The highest BCUT2D eigenvalue weighted by atomic mass is 79.9. The molecule has 0 aliphatic carbocycles. The summed E-state index contributed by atoms with van der Waals surface area (Å²) in [7, 11) is 0. The molecule has 13 heavy (non-hydrogen) atoms. The topological polar surface area (TPSA) is 60.2 Å². The summed E-state index contributed by atoms with van der Waals surface area (Å²) >= 11 is 4.20. The van der Waals surface area contributed by atoms with Gasteiger partial charge in [-0.2, -0.15) is 0 Å². The summed E-state index contributed by atoms with van der Waals surface area (Å²) in [5, 5.41) is 11.7. The van der Waals surface area contributed by atoms with E-state index in [9.17, 15) is 14.9 Å². The van der Waals surface area contributed by atoms with Crippen LogP contribution in [-0.4, -0.2) is 15.5 Å². The summed E-state index contributed by atoms with van der Waals surface area (Å²) in [5.74, 6) is -0.127. The maximum atomic E-state index is 11.3. The van der Waals surface area contributed by atoms with E-state index in [4.69, 9.17) is 0 Å². The summed E-state index contributed by atoms with van der Waals surface area (Å²) in [5.41, 5.74) is -0.0264. The van der Waals surface area contributed by atoms with Crippen molar-refractivity contribution in [3.05, 3.63) is 26.4 Å². The number of hydrogen-bond acceptors (Lipinski definition) is 4. The summed E-state index contributed by atoms with van der Waals surface area (Å²) in [6.07, 6.45) is 0. The number of ketones is 1. The molecule has 1 aromatic heterocycles. The minimum Gasteiger partial charge on any atom is -0.292 e. The number of halogens is 1. The molecular formula is C7H6BrNO3S. The Kier molecular flexibility index (Phi) is 3.16. The van der Waals surface area contributed by atoms with Gasteiger partial charge in [-0.1, -0.05) is 15.9 Å². The number of carbonyl (C=O) groups excluding carboxylic acids is 1. The van der Waals surface area contributed by atoms with E-state index in [0.717, 1.165) is 11.3 Å². The molecule has 0 saturated heterocycles. The third-order valence-corrected chi connectivity index (χ3v) is 2.75. The molecule has 1 unspecified atom stereocenters. The van der Waals surface area contributed by atoms with E-state index < -0.39 is 4.92 Å². The quantitative estimate of drug-likeness (QED) is 0.365. The zero-order valence-electron chi connectivity index (χ0n) is 6.69. The molecule has 6 heteroatoms. The number of nitrogens with zero attached hydrogens (tertiary/aromatic N) is 1. The Bertz CT molecular complexity index is 347. The van der Waals surface area contributed by atoms with Crippen LogP contribution in [0.3, 0.4) is 0 Å². The van der Waals surface area contributed by atoms with Crippen LogP contribution in [0.4, 0.5) is 5.69 Å². The van der Waals surface area contributed by atoms with Crippen LogP contribution < -0.4 is 0 Å². The molecule has 0 aliphatic heterocycles. The van der Waals surface area contributed by atoms with Crippen LogP contribution in [0.1, 0.15) is 16.6 Å². The molecule has 1 aromatic rings. The van der Waals surface area contributed by atoms with Crippen LogP contribution in [0.2, 0.25) is 0 Å². The summed E-state index contributed by atoms with van der Waals surface area (Å²) in [6, 6.07) is 1.30. The van der Waals surface area contributed by atoms with Crippen molar-refractivity contribution in [2.24, 2.45) is 0 Å². The summed E-state index contributed by atoms with van der Waals surface area (Å²) in [6.45, 7) is 1.69. The number of thiophene rings is 1. The van der Waals surface area contributed by atoms with Crippen LogP contribution in [0.25, 0.3) is 0 Å². The fourth-order valence-corrected chi connectivity index (χ4v) is 2.03. The molecule has 0 aromatic carbocycles. The van der Waals surface area contributed by atoms with Crippen LogP contribution in [-0.2, 0) is 0 Å². The SMILES string of the molecule is CC(Br)C(=O)c1cc([N+](=O)[O-])cs1. The third-order valence-electron chi connectivity index (χ3n) is 1.40. The van der Waals surface area contributed by atoms with Crippen molar-refractivity contribution in [2.45, 2.75) is 11.8 Å². The highest BCUT2D eigenvalue weighted by Crippen LogP contribution is 2.23. The van der Waals surface area contributed by atoms with Crippen LogP contribution in [0, 0.1) is 10.1 Å². The Hall–Kier alpha value is -0.750. The summed E-state index contributed by atoms with van der Waals surface area (Å²) in [4.78, 5) is 21.2. The zero-order chi connectivity index (χ0) is 10.0. The first-order chi connectivity index (χ1) is 6.02. The molecule has 4 nitrogen and oxygen atoms in total. The normalized spacial score (nSPS) is 12.5. The van der Waals surface area contributed by atoms with Crippen molar-refractivity contribution in [2.75, 3.05) is 0 Å². The minimum atomic E-state index is -0.508. The molecule has 0 radical (unpaired) electrons. The average molecular weight is 264 g/mol. The first kappa shape index (κ1) is 10.3. The highest BCUT2D eigenvalue weighted by molar-refractivity contribution is 9.10. The lowest BCUT2D eigenvalue weighted by atomic mass is 10.2. The molecule has 0 spiro atoms. The number of Topliss-reactive ketones (excluding diaryl/α,β-unsaturated/α-hetero) is 1. The van der Waals surface area contributed by atoms with Gasteiger partial charge in [0.2, 0.25) is 0 Å². The fourth-order valence-electron chi connectivity index (χ4n) is 0.747. The zero-order valence-corrected chi connectivity index (χ0v) is 9.09. The lowest BCUT2D eigenvalue weighted by Crippen LogP contribution is -2.07. The van der Waals surface area contributed by atoms with Gasteiger partial charge in [0.25, 0.3) is 5.69 Å². The van der Waals surface area contributed by atoms with E-state index in [1.807, 2.05) is 0 Å². The monoisotopic (exact) mass is 263 g/mol. The lowest BCUT2D eigenvalue weighted by Gasteiger charge is -1.96. The Balaban J connectivity index is 2.92. The predicted molar refractivity (Wildman–Crippen MR) is 53.7 cm³/mol. The molecule has 1 heterocycles. The van der Waals surface area contributed by atoms with Crippen LogP contribution in [0.15, 0.2) is 11.4 Å². The average Bonchev–Trinajstić information content (AvgIpc) is 2.50. The fraction of sp³-hybridized carbons (Fsp3) is 0.286. The van der Waals surface area contributed by atoms with Gasteiger partial charge >= 0.3 is 0 Å². The molecule has 0 aliphatic rings. The second-order valence-corrected chi connectivity index (χ2v) is 4.69. The Morgan fingerprint density at radius 2 is 2.38 bits per heavy atom. The highest BCUT2D eigenvalue weighted by Gasteiger charge is 2.17. The molecule has 0 saturated carbocycles. The number of nitro groups is 1. The van der Waals surface area contributed by atoms with Gasteiger partial charge < -0.3 is 0 Å². The maximum Gasteiger partial charge on any atom is 0.280 e. The second-order valence-electron chi connectivity index (χ2n) is 2.41. The number of alkyl halides is 1. The standard InChI is InChI=1S/C7H6BrNO3S/c1-4(8)7(10)6-2-5(3-13-6)9(11)12/h2-4H,1H3. The Morgan fingerprint density at radius 1 is 1.77 bits per heavy atom. The van der Waals surface area contributed by atoms with Gasteiger partial charge in [0.1, 0.15) is 0 Å². The first-order valence-corrected chi connectivity index (χ1v) is 5.23. The van der Waals surface area contributed by atoms with Gasteiger partial charge in [-0.05, 0) is 6.92 Å². The van der Waals surface area contributed by atoms with Crippen molar-refractivity contribution in [3.63, 3.8) is 0 Å². The second kappa shape index (κ2) is 3.97. The number of carbonyl (C=O) groups is 1. The molecule has 0 fully saturated rings. The van der Waals surface area contributed by atoms with E-state index in [1.54, 1.807) is 6.92 Å². The molecular weight excluding hydrogens is 258 g/mol. The maximum absolute atomic E-state index is 11.3. The van der Waals surface area contributed by atoms with Crippen molar-refractivity contribution >= 4 is 38.7 Å². The Morgan fingerprint density at radius 3 is 2.77 bits per heavy atom. The van der Waals surface area contributed by atoms with Gasteiger partial charge in [0, 0.05) is 6.07 Å². The van der Waals surface area contributed by atoms with E-state index in [2.05, 4.69) is 15.9 Å². The van der Waals surface area contributed by atoms with Gasteiger partial charge in [-0.3, -0.25) is 14.9 Å². The molecule has 1 atom stereocenters. The van der Waals surface area contributed by atoms with Crippen molar-refractivity contribution < 1.29 is 9.72 Å². The van der Waals surface area contributed by atoms with Crippen LogP contribution >= 0.6 is 27.3 Å². The third kappa shape index (κ3) is 2.35. The van der Waals surface area contributed by atoms with E-state index in [-0.39, 0.29) is 16.3 Å². The summed E-state index contributed by atoms with van der Waals surface area (Å²) < 4.78 is 0.